The highest BCUT2D eigenvalue weighted by Crippen LogP contribution is 2.41. The van der Waals surface area contributed by atoms with Crippen molar-refractivity contribution in [2.45, 2.75) is 25.3 Å². The van der Waals surface area contributed by atoms with E-state index in [9.17, 15) is 23.2 Å². The van der Waals surface area contributed by atoms with Gasteiger partial charge in [0.1, 0.15) is 29.1 Å². The fourth-order valence-corrected chi connectivity index (χ4v) is 3.55. The van der Waals surface area contributed by atoms with Gasteiger partial charge in [-0.3, -0.25) is 0 Å². The summed E-state index contributed by atoms with van der Waals surface area (Å²) in [7, 11) is -1.54. The minimum atomic E-state index is -4.77. The van der Waals surface area contributed by atoms with Crippen LogP contribution >= 0.6 is 0 Å². The van der Waals surface area contributed by atoms with Crippen LogP contribution in [0.2, 0.25) is 0 Å². The van der Waals surface area contributed by atoms with Crippen LogP contribution in [0.1, 0.15) is 23.7 Å². The van der Waals surface area contributed by atoms with Crippen LogP contribution in [0.3, 0.4) is 0 Å². The Kier molecular flexibility index (Phi) is 5.80. The van der Waals surface area contributed by atoms with Gasteiger partial charge < -0.3 is 24.3 Å². The maximum Gasteiger partial charge on any atom is 0.573 e. The molecule has 0 spiro atoms. The van der Waals surface area contributed by atoms with Gasteiger partial charge in [-0.15, -0.1) is 13.2 Å². The normalized spacial score (nSPS) is 15.3. The van der Waals surface area contributed by atoms with Gasteiger partial charge in [-0.05, 0) is 54.2 Å². The molecule has 4 rings (SSSR count). The predicted octanol–water partition coefficient (Wildman–Crippen LogP) is 4.12. The molecule has 1 aliphatic carbocycles. The topological polar surface area (TPSA) is 68.2 Å². The van der Waals surface area contributed by atoms with Crippen molar-refractivity contribution in [1.82, 2.24) is 0 Å². The molecule has 0 saturated heterocycles. The van der Waals surface area contributed by atoms with Gasteiger partial charge in [0.2, 0.25) is 0 Å². The zero-order chi connectivity index (χ0) is 22.0. The summed E-state index contributed by atoms with van der Waals surface area (Å²) in [5, 5.41) is 18.4. The number of rotatable bonds is 6. The van der Waals surface area contributed by atoms with Gasteiger partial charge in [-0.25, -0.2) is 0 Å². The lowest BCUT2D eigenvalue weighted by molar-refractivity contribution is -0.274. The molecule has 31 heavy (non-hydrogen) atoms. The monoisotopic (exact) mass is 430 g/mol. The van der Waals surface area contributed by atoms with Gasteiger partial charge in [-0.1, -0.05) is 30.3 Å². The van der Waals surface area contributed by atoms with Crippen LogP contribution in [0.15, 0.2) is 66.7 Å². The van der Waals surface area contributed by atoms with E-state index >= 15 is 0 Å². The smallest absolute Gasteiger partial charge is 0.486 e. The van der Waals surface area contributed by atoms with Crippen molar-refractivity contribution in [3.05, 3.63) is 77.9 Å². The van der Waals surface area contributed by atoms with Crippen molar-refractivity contribution in [2.24, 2.45) is 0 Å². The van der Waals surface area contributed by atoms with E-state index in [4.69, 9.17) is 9.47 Å². The SMILES string of the molecule is OB(O)c1ccc(O[C@@H]2CCc3c(Oc4cccc(OC(F)(F)F)c4)cccc32)cc1. The molecule has 5 nitrogen and oxygen atoms in total. The molecule has 0 unspecified atom stereocenters. The third kappa shape index (κ3) is 5.12. The van der Waals surface area contributed by atoms with Crippen LogP contribution in [-0.4, -0.2) is 23.5 Å². The first-order chi connectivity index (χ1) is 14.8. The average molecular weight is 430 g/mol. The summed E-state index contributed by atoms with van der Waals surface area (Å²) < 4.78 is 53.2. The molecule has 1 aliphatic rings. The molecule has 0 fully saturated rings. The maximum absolute atomic E-state index is 12.5. The van der Waals surface area contributed by atoms with Crippen molar-refractivity contribution in [1.29, 1.82) is 0 Å². The van der Waals surface area contributed by atoms with E-state index in [1.165, 1.54) is 18.2 Å². The van der Waals surface area contributed by atoms with Gasteiger partial charge in [-0.2, -0.15) is 0 Å². The number of fused-ring (bicyclic) bond motifs is 1. The van der Waals surface area contributed by atoms with E-state index in [2.05, 4.69) is 4.74 Å². The Morgan fingerprint density at radius 3 is 2.29 bits per heavy atom. The number of halogens is 3. The zero-order valence-corrected chi connectivity index (χ0v) is 16.2. The summed E-state index contributed by atoms with van der Waals surface area (Å²) in [6, 6.07) is 17.4. The summed E-state index contributed by atoms with van der Waals surface area (Å²) in [5.74, 6) is 1.02. The fourth-order valence-electron chi connectivity index (χ4n) is 3.55. The van der Waals surface area contributed by atoms with E-state index in [1.807, 2.05) is 6.07 Å². The van der Waals surface area contributed by atoms with Gasteiger partial charge in [0.15, 0.2) is 0 Å². The maximum atomic E-state index is 12.5. The van der Waals surface area contributed by atoms with Crippen molar-refractivity contribution in [3.8, 4) is 23.0 Å². The lowest BCUT2D eigenvalue weighted by Gasteiger charge is -2.16. The van der Waals surface area contributed by atoms with E-state index in [0.717, 1.165) is 11.1 Å². The summed E-state index contributed by atoms with van der Waals surface area (Å²) in [4.78, 5) is 0. The van der Waals surface area contributed by atoms with Gasteiger partial charge in [0.05, 0.1) is 0 Å². The van der Waals surface area contributed by atoms with E-state index in [0.29, 0.717) is 29.8 Å². The Balaban J connectivity index is 1.51. The van der Waals surface area contributed by atoms with Crippen molar-refractivity contribution < 1.29 is 37.4 Å². The quantitative estimate of drug-likeness (QED) is 0.576. The molecule has 0 heterocycles. The molecule has 3 aromatic rings. The van der Waals surface area contributed by atoms with E-state index in [1.54, 1.807) is 42.5 Å². The standard InChI is InChI=1S/C22H18BF3O5/c24-22(25,26)31-17-4-1-3-16(13-17)30-20-6-2-5-18-19(20)11-12-21(18)29-15-9-7-14(8-10-15)23(27)28/h1-10,13,21,27-28H,11-12H2/t21-/m1/s1. The van der Waals surface area contributed by atoms with E-state index < -0.39 is 13.5 Å². The second kappa shape index (κ2) is 8.53. The zero-order valence-electron chi connectivity index (χ0n) is 16.2. The molecular formula is C22H18BF3O5. The van der Waals surface area contributed by atoms with Crippen molar-refractivity contribution >= 4 is 12.6 Å². The van der Waals surface area contributed by atoms with E-state index in [-0.39, 0.29) is 17.6 Å². The molecule has 160 valence electrons. The van der Waals surface area contributed by atoms with Crippen LogP contribution in [0.25, 0.3) is 0 Å². The van der Waals surface area contributed by atoms with Gasteiger partial charge in [0.25, 0.3) is 0 Å². The Bertz CT molecular complexity index is 1050. The second-order valence-corrected chi connectivity index (χ2v) is 7.04. The first-order valence-electron chi connectivity index (χ1n) is 9.57. The number of hydrogen-bond acceptors (Lipinski definition) is 5. The fraction of sp³-hybridized carbons (Fsp3) is 0.182. The summed E-state index contributed by atoms with van der Waals surface area (Å²) >= 11 is 0. The Morgan fingerprint density at radius 2 is 1.58 bits per heavy atom. The molecule has 0 amide bonds. The van der Waals surface area contributed by atoms with Crippen LogP contribution in [0, 0.1) is 0 Å². The second-order valence-electron chi connectivity index (χ2n) is 7.04. The number of ether oxygens (including phenoxy) is 3. The first-order valence-corrected chi connectivity index (χ1v) is 9.57. The predicted molar refractivity (Wildman–Crippen MR) is 108 cm³/mol. The lowest BCUT2D eigenvalue weighted by atomic mass is 9.80. The highest BCUT2D eigenvalue weighted by atomic mass is 19.4. The highest BCUT2D eigenvalue weighted by Gasteiger charge is 2.31. The molecular weight excluding hydrogens is 412 g/mol. The molecule has 0 aliphatic heterocycles. The first kappa shape index (κ1) is 21.1. The molecule has 2 N–H and O–H groups in total. The van der Waals surface area contributed by atoms with Crippen LogP contribution in [-0.2, 0) is 6.42 Å². The molecule has 0 saturated carbocycles. The molecule has 0 bridgehead atoms. The average Bonchev–Trinajstić information content (AvgIpc) is 3.11. The van der Waals surface area contributed by atoms with Crippen LogP contribution < -0.4 is 19.7 Å². The Morgan fingerprint density at radius 1 is 0.871 bits per heavy atom. The summed E-state index contributed by atoms with van der Waals surface area (Å²) in [5.41, 5.74) is 2.23. The molecule has 0 radical (unpaired) electrons. The Hall–Kier alpha value is -3.17. The summed E-state index contributed by atoms with van der Waals surface area (Å²) in [6.45, 7) is 0. The highest BCUT2D eigenvalue weighted by molar-refractivity contribution is 6.58. The van der Waals surface area contributed by atoms with Gasteiger partial charge >= 0.3 is 13.5 Å². The number of alkyl halides is 3. The largest absolute Gasteiger partial charge is 0.573 e. The third-order valence-corrected chi connectivity index (χ3v) is 4.90. The Labute approximate surface area is 176 Å². The van der Waals surface area contributed by atoms with Crippen molar-refractivity contribution in [3.63, 3.8) is 0 Å². The summed E-state index contributed by atoms with van der Waals surface area (Å²) in [6.07, 6.45) is -3.60. The number of hydrogen-bond donors (Lipinski definition) is 2. The van der Waals surface area contributed by atoms with Crippen molar-refractivity contribution in [2.75, 3.05) is 0 Å². The molecule has 1 atom stereocenters. The number of benzene rings is 3. The molecule has 0 aromatic heterocycles. The molecule has 9 heteroatoms. The molecule has 3 aromatic carbocycles. The third-order valence-electron chi connectivity index (χ3n) is 4.90. The van der Waals surface area contributed by atoms with Crippen LogP contribution in [0.4, 0.5) is 13.2 Å². The lowest BCUT2D eigenvalue weighted by Crippen LogP contribution is -2.29. The minimum Gasteiger partial charge on any atom is -0.486 e. The minimum absolute atomic E-state index is 0.219. The van der Waals surface area contributed by atoms with Crippen LogP contribution in [0.5, 0.6) is 23.0 Å². The van der Waals surface area contributed by atoms with Gasteiger partial charge in [0, 0.05) is 11.6 Å².